The number of nitrogens with zero attached hydrogens (tertiary/aromatic N) is 3. The van der Waals surface area contributed by atoms with Gasteiger partial charge in [-0.3, -0.25) is 4.98 Å². The average Bonchev–Trinajstić information content (AvgIpc) is 3.23. The maximum atomic E-state index is 14.0. The molecular formula is C27H22ClN3O5S. The Morgan fingerprint density at radius 2 is 1.70 bits per heavy atom. The smallest absolute Gasteiger partial charge is 0.268 e. The van der Waals surface area contributed by atoms with Crippen LogP contribution in [-0.4, -0.2) is 24.5 Å². The van der Waals surface area contributed by atoms with Gasteiger partial charge in [0, 0.05) is 23.1 Å². The third-order valence-electron chi connectivity index (χ3n) is 6.04. The van der Waals surface area contributed by atoms with Crippen LogP contribution in [0, 0.1) is 11.8 Å². The third-order valence-corrected chi connectivity index (χ3v) is 8.04. The van der Waals surface area contributed by atoms with Crippen LogP contribution in [0.25, 0.3) is 21.8 Å². The summed E-state index contributed by atoms with van der Waals surface area (Å²) in [7, 11) is -2.52. The maximum absolute atomic E-state index is 14.0. The number of benzene rings is 3. The van der Waals surface area contributed by atoms with Gasteiger partial charge in [0.05, 0.1) is 39.8 Å². The highest BCUT2D eigenvalue weighted by Gasteiger charge is 2.28. The number of pyridine rings is 1. The van der Waals surface area contributed by atoms with E-state index in [4.69, 9.17) is 21.1 Å². The van der Waals surface area contributed by atoms with E-state index in [1.807, 2.05) is 6.92 Å². The minimum Gasteiger partial charge on any atom is -0.457 e. The lowest BCUT2D eigenvalue weighted by molar-refractivity contribution is 0.185. The SMILES string of the molecule is COCc1c(CN=O)ncc2c1c1c(Oc3ccc(Cl)cc3)cccc1n2S(=O)(=O)c1ccc(C)cc1. The predicted octanol–water partition coefficient (Wildman–Crippen LogP) is 6.59. The highest BCUT2D eigenvalue weighted by Crippen LogP contribution is 2.41. The molecule has 0 aliphatic rings. The second-order valence-corrected chi connectivity index (χ2v) is 10.7. The van der Waals surface area contributed by atoms with E-state index in [-0.39, 0.29) is 18.0 Å². The highest BCUT2D eigenvalue weighted by atomic mass is 35.5. The average molecular weight is 536 g/mol. The Morgan fingerprint density at radius 3 is 2.38 bits per heavy atom. The molecule has 10 heteroatoms. The Morgan fingerprint density at radius 1 is 0.973 bits per heavy atom. The van der Waals surface area contributed by atoms with Gasteiger partial charge in [0.1, 0.15) is 18.0 Å². The van der Waals surface area contributed by atoms with Gasteiger partial charge in [0.25, 0.3) is 10.0 Å². The molecule has 8 nitrogen and oxygen atoms in total. The number of hydrogen-bond donors (Lipinski definition) is 0. The van der Waals surface area contributed by atoms with Crippen LogP contribution in [0.15, 0.2) is 83.0 Å². The Hall–Kier alpha value is -3.79. The standard InChI is InChI=1S/C27H22ClN3O5S/c1-17-6-12-20(13-7-17)37(33,34)31-23-4-3-5-25(36-19-10-8-18(28)9-11-19)27(23)26-21(16-35-2)22(14-30-32)29-15-24(26)31/h3-13,15H,14,16H2,1-2H3. The highest BCUT2D eigenvalue weighted by molar-refractivity contribution is 7.90. The van der Waals surface area contributed by atoms with Crippen LogP contribution in [0.2, 0.25) is 5.02 Å². The predicted molar refractivity (Wildman–Crippen MR) is 143 cm³/mol. The Labute approximate surface area is 218 Å². The molecule has 188 valence electrons. The van der Waals surface area contributed by atoms with Crippen molar-refractivity contribution in [1.82, 2.24) is 8.96 Å². The van der Waals surface area contributed by atoms with Crippen LogP contribution in [0.5, 0.6) is 11.5 Å². The molecule has 0 spiro atoms. The van der Waals surface area contributed by atoms with Gasteiger partial charge in [0.15, 0.2) is 0 Å². The summed E-state index contributed by atoms with van der Waals surface area (Å²) in [5.41, 5.74) is 2.64. The van der Waals surface area contributed by atoms with Crippen LogP contribution in [0.1, 0.15) is 16.8 Å². The minimum absolute atomic E-state index is 0.0914. The molecule has 37 heavy (non-hydrogen) atoms. The molecule has 0 aliphatic heterocycles. The molecule has 0 saturated heterocycles. The van der Waals surface area contributed by atoms with Crippen molar-refractivity contribution in [2.24, 2.45) is 5.18 Å². The molecule has 5 rings (SSSR count). The van der Waals surface area contributed by atoms with Crippen LogP contribution in [0.4, 0.5) is 0 Å². The lowest BCUT2D eigenvalue weighted by Gasteiger charge is -2.11. The number of hydrogen-bond acceptors (Lipinski definition) is 7. The molecule has 2 heterocycles. The number of aryl methyl sites for hydroxylation is 1. The summed E-state index contributed by atoms with van der Waals surface area (Å²) >= 11 is 6.03. The molecule has 0 bridgehead atoms. The van der Waals surface area contributed by atoms with Gasteiger partial charge < -0.3 is 9.47 Å². The first-order valence-electron chi connectivity index (χ1n) is 11.3. The number of halogens is 1. The second kappa shape index (κ2) is 9.93. The van der Waals surface area contributed by atoms with Gasteiger partial charge in [-0.2, -0.15) is 4.91 Å². The topological polar surface area (TPSA) is 99.8 Å². The van der Waals surface area contributed by atoms with Crippen molar-refractivity contribution in [3.8, 4) is 11.5 Å². The van der Waals surface area contributed by atoms with Gasteiger partial charge in [-0.05, 0) is 55.5 Å². The minimum atomic E-state index is -4.04. The number of fused-ring (bicyclic) bond motifs is 3. The van der Waals surface area contributed by atoms with Crippen molar-refractivity contribution in [2.75, 3.05) is 7.11 Å². The number of nitroso groups, excluding NO2 is 1. The summed E-state index contributed by atoms with van der Waals surface area (Å²) in [4.78, 5) is 15.7. The maximum Gasteiger partial charge on any atom is 0.268 e. The molecule has 0 N–H and O–H groups in total. The summed E-state index contributed by atoms with van der Waals surface area (Å²) < 4.78 is 40.9. The third kappa shape index (κ3) is 4.46. The second-order valence-electron chi connectivity index (χ2n) is 8.45. The normalized spacial score (nSPS) is 11.8. The van der Waals surface area contributed by atoms with Gasteiger partial charge in [-0.15, -0.1) is 0 Å². The molecule has 0 unspecified atom stereocenters. The lowest BCUT2D eigenvalue weighted by Crippen LogP contribution is -2.13. The summed E-state index contributed by atoms with van der Waals surface area (Å²) in [6.07, 6.45) is 1.45. The van der Waals surface area contributed by atoms with E-state index >= 15 is 0 Å². The number of rotatable bonds is 8. The number of aromatic nitrogens is 2. The Kier molecular flexibility index (Phi) is 6.68. The Bertz CT molecular complexity index is 1730. The van der Waals surface area contributed by atoms with Crippen LogP contribution in [0.3, 0.4) is 0 Å². The van der Waals surface area contributed by atoms with Crippen molar-refractivity contribution < 1.29 is 17.9 Å². The molecule has 3 aromatic carbocycles. The molecule has 0 atom stereocenters. The summed E-state index contributed by atoms with van der Waals surface area (Å²) in [5.74, 6) is 0.951. The zero-order valence-electron chi connectivity index (χ0n) is 20.0. The molecule has 0 saturated carbocycles. The van der Waals surface area contributed by atoms with Crippen molar-refractivity contribution in [2.45, 2.75) is 25.0 Å². The van der Waals surface area contributed by atoms with E-state index in [2.05, 4.69) is 10.2 Å². The zero-order valence-corrected chi connectivity index (χ0v) is 21.6. The summed E-state index contributed by atoms with van der Waals surface area (Å²) in [6.45, 7) is 1.79. The Balaban J connectivity index is 1.88. The van der Waals surface area contributed by atoms with E-state index in [1.165, 1.54) is 17.3 Å². The van der Waals surface area contributed by atoms with Crippen LogP contribution < -0.4 is 4.74 Å². The zero-order chi connectivity index (χ0) is 26.2. The monoisotopic (exact) mass is 535 g/mol. The van der Waals surface area contributed by atoms with Crippen LogP contribution in [-0.2, 0) is 27.9 Å². The molecule has 5 aromatic rings. The van der Waals surface area contributed by atoms with Crippen molar-refractivity contribution in [3.63, 3.8) is 0 Å². The molecular weight excluding hydrogens is 514 g/mol. The van der Waals surface area contributed by atoms with Gasteiger partial charge in [-0.25, -0.2) is 12.4 Å². The number of methoxy groups -OCH3 is 1. The molecule has 0 radical (unpaired) electrons. The fourth-order valence-electron chi connectivity index (χ4n) is 4.37. The molecule has 0 amide bonds. The van der Waals surface area contributed by atoms with E-state index in [0.29, 0.717) is 49.6 Å². The van der Waals surface area contributed by atoms with Crippen molar-refractivity contribution >= 4 is 43.4 Å². The summed E-state index contributed by atoms with van der Waals surface area (Å²) in [6, 6.07) is 18.7. The van der Waals surface area contributed by atoms with Gasteiger partial charge >= 0.3 is 0 Å². The van der Waals surface area contributed by atoms with Gasteiger partial charge in [-0.1, -0.05) is 40.5 Å². The van der Waals surface area contributed by atoms with Crippen LogP contribution >= 0.6 is 11.6 Å². The fourth-order valence-corrected chi connectivity index (χ4v) is 5.99. The first-order valence-corrected chi connectivity index (χ1v) is 13.1. The van der Waals surface area contributed by atoms with Gasteiger partial charge in [0.2, 0.25) is 0 Å². The van der Waals surface area contributed by atoms with E-state index in [9.17, 15) is 13.3 Å². The van der Waals surface area contributed by atoms with Crippen molar-refractivity contribution in [3.05, 3.63) is 99.7 Å². The quantitative estimate of drug-likeness (QED) is 0.208. The first kappa shape index (κ1) is 24.9. The van der Waals surface area contributed by atoms with E-state index in [0.717, 1.165) is 5.56 Å². The number of ether oxygens (including phenoxy) is 2. The van der Waals surface area contributed by atoms with E-state index < -0.39 is 10.0 Å². The molecule has 0 fully saturated rings. The summed E-state index contributed by atoms with van der Waals surface area (Å²) in [5, 5.41) is 4.68. The molecule has 0 aliphatic carbocycles. The first-order chi connectivity index (χ1) is 17.8. The largest absolute Gasteiger partial charge is 0.457 e. The lowest BCUT2D eigenvalue weighted by atomic mass is 10.1. The van der Waals surface area contributed by atoms with Crippen molar-refractivity contribution in [1.29, 1.82) is 0 Å². The fraction of sp³-hybridized carbons (Fsp3) is 0.148. The molecule has 2 aromatic heterocycles. The van der Waals surface area contributed by atoms with E-state index in [1.54, 1.807) is 66.7 Å².